The van der Waals surface area contributed by atoms with Crippen molar-refractivity contribution in [1.82, 2.24) is 10.2 Å². The highest BCUT2D eigenvalue weighted by Gasteiger charge is 2.37. The predicted octanol–water partition coefficient (Wildman–Crippen LogP) is 2.89. The molecule has 0 bridgehead atoms. The summed E-state index contributed by atoms with van der Waals surface area (Å²) in [5.74, 6) is -0.300. The quantitative estimate of drug-likeness (QED) is 0.821. The van der Waals surface area contributed by atoms with Gasteiger partial charge in [0.1, 0.15) is 17.6 Å². The summed E-state index contributed by atoms with van der Waals surface area (Å²) in [5, 5.41) is 2.70. The molecule has 3 rings (SSSR count). The Hall–Kier alpha value is -2.89. The van der Waals surface area contributed by atoms with Gasteiger partial charge in [-0.25, -0.2) is 9.18 Å². The number of imide groups is 1. The molecular formula is C19H19FN2O3. The van der Waals surface area contributed by atoms with Gasteiger partial charge in [-0.05, 0) is 36.6 Å². The van der Waals surface area contributed by atoms with Gasteiger partial charge in [-0.3, -0.25) is 9.69 Å². The largest absolute Gasteiger partial charge is 0.496 e. The molecule has 1 saturated heterocycles. The summed E-state index contributed by atoms with van der Waals surface area (Å²) in [5.41, 5.74) is 1.56. The van der Waals surface area contributed by atoms with Gasteiger partial charge in [0.25, 0.3) is 5.91 Å². The number of benzene rings is 2. The van der Waals surface area contributed by atoms with Crippen LogP contribution in [0.15, 0.2) is 48.5 Å². The van der Waals surface area contributed by atoms with Crippen LogP contribution in [0.5, 0.6) is 5.75 Å². The third-order valence-electron chi connectivity index (χ3n) is 4.24. The van der Waals surface area contributed by atoms with Gasteiger partial charge in [0.15, 0.2) is 0 Å². The summed E-state index contributed by atoms with van der Waals surface area (Å²) in [6.07, 6.45) is 1.21. The molecule has 0 aliphatic carbocycles. The van der Waals surface area contributed by atoms with Crippen molar-refractivity contribution in [3.8, 4) is 5.75 Å². The van der Waals surface area contributed by atoms with E-state index in [-0.39, 0.29) is 12.5 Å². The minimum absolute atomic E-state index is 0.0204. The summed E-state index contributed by atoms with van der Waals surface area (Å²) in [4.78, 5) is 25.8. The maximum Gasteiger partial charge on any atom is 0.325 e. The van der Waals surface area contributed by atoms with Crippen molar-refractivity contribution < 1.29 is 18.7 Å². The van der Waals surface area contributed by atoms with E-state index in [1.807, 2.05) is 30.3 Å². The molecule has 1 fully saturated rings. The summed E-state index contributed by atoms with van der Waals surface area (Å²) < 4.78 is 18.7. The molecule has 3 amide bonds. The van der Waals surface area contributed by atoms with Gasteiger partial charge in [-0.2, -0.15) is 0 Å². The molecule has 0 aromatic heterocycles. The maximum absolute atomic E-state index is 13.5. The van der Waals surface area contributed by atoms with Crippen LogP contribution in [0.4, 0.5) is 9.18 Å². The number of nitrogens with one attached hydrogen (secondary N) is 1. The number of carbonyl (C=O) groups excluding carboxylic acids is 2. The number of nitrogens with zero attached hydrogens (tertiary/aromatic N) is 1. The molecule has 0 spiro atoms. The average molecular weight is 342 g/mol. The summed E-state index contributed by atoms with van der Waals surface area (Å²) in [6.45, 7) is -0.0204. The standard InChI is InChI=1S/C19H19FN2O3/c1-25-17-10-8-15(20)11-14(17)12-22-18(23)16(21-19(22)24)9-7-13-5-3-2-4-6-13/h2-6,8,10-11,16H,7,9,12H2,1H3,(H,21,24)/t16-/m0/s1. The van der Waals surface area contributed by atoms with Gasteiger partial charge in [0.2, 0.25) is 0 Å². The van der Waals surface area contributed by atoms with Gasteiger partial charge in [-0.15, -0.1) is 0 Å². The minimum Gasteiger partial charge on any atom is -0.496 e. The van der Waals surface area contributed by atoms with Crippen molar-refractivity contribution in [2.45, 2.75) is 25.4 Å². The van der Waals surface area contributed by atoms with Gasteiger partial charge in [0.05, 0.1) is 13.7 Å². The Balaban J connectivity index is 1.68. The van der Waals surface area contributed by atoms with Crippen molar-refractivity contribution in [2.75, 3.05) is 7.11 Å². The Kier molecular flexibility index (Phi) is 4.97. The summed E-state index contributed by atoms with van der Waals surface area (Å²) in [7, 11) is 1.46. The lowest BCUT2D eigenvalue weighted by molar-refractivity contribution is -0.128. The van der Waals surface area contributed by atoms with Crippen molar-refractivity contribution >= 4 is 11.9 Å². The number of halogens is 1. The topological polar surface area (TPSA) is 58.6 Å². The molecule has 0 unspecified atom stereocenters. The Morgan fingerprint density at radius 2 is 1.92 bits per heavy atom. The average Bonchev–Trinajstić information content (AvgIpc) is 2.89. The number of urea groups is 1. The molecule has 6 heteroatoms. The molecule has 1 aliphatic rings. The molecule has 0 saturated carbocycles. The second-order valence-corrected chi connectivity index (χ2v) is 5.91. The van der Waals surface area contributed by atoms with Crippen molar-refractivity contribution in [2.24, 2.45) is 0 Å². The number of amides is 3. The number of hydrogen-bond acceptors (Lipinski definition) is 3. The fourth-order valence-corrected chi connectivity index (χ4v) is 2.92. The molecule has 1 heterocycles. The molecule has 1 N–H and O–H groups in total. The first-order valence-electron chi connectivity index (χ1n) is 8.06. The molecule has 5 nitrogen and oxygen atoms in total. The molecule has 25 heavy (non-hydrogen) atoms. The first-order valence-corrected chi connectivity index (χ1v) is 8.06. The van der Waals surface area contributed by atoms with Gasteiger partial charge in [0, 0.05) is 5.56 Å². The van der Waals surface area contributed by atoms with E-state index in [0.717, 1.165) is 10.5 Å². The highest BCUT2D eigenvalue weighted by Crippen LogP contribution is 2.23. The highest BCUT2D eigenvalue weighted by atomic mass is 19.1. The lowest BCUT2D eigenvalue weighted by Crippen LogP contribution is -2.31. The number of hydrogen-bond donors (Lipinski definition) is 1. The summed E-state index contributed by atoms with van der Waals surface area (Å²) >= 11 is 0. The number of rotatable bonds is 6. The third-order valence-corrected chi connectivity index (χ3v) is 4.24. The molecule has 2 aromatic carbocycles. The number of ether oxygens (including phenoxy) is 1. The Bertz CT molecular complexity index is 779. The van der Waals surface area contributed by atoms with Crippen molar-refractivity contribution in [1.29, 1.82) is 0 Å². The first-order chi connectivity index (χ1) is 12.1. The van der Waals surface area contributed by atoms with E-state index in [1.165, 1.54) is 25.3 Å². The molecule has 1 atom stereocenters. The highest BCUT2D eigenvalue weighted by molar-refractivity contribution is 6.04. The fraction of sp³-hybridized carbons (Fsp3) is 0.263. The lowest BCUT2D eigenvalue weighted by Gasteiger charge is -2.15. The van der Waals surface area contributed by atoms with E-state index < -0.39 is 17.9 Å². The fourth-order valence-electron chi connectivity index (χ4n) is 2.92. The lowest BCUT2D eigenvalue weighted by atomic mass is 10.1. The summed E-state index contributed by atoms with van der Waals surface area (Å²) in [6, 6.07) is 12.8. The van der Waals surface area contributed by atoms with Crippen LogP contribution >= 0.6 is 0 Å². The minimum atomic E-state index is -0.563. The van der Waals surface area contributed by atoms with Gasteiger partial charge in [-0.1, -0.05) is 30.3 Å². The van der Waals surface area contributed by atoms with Crippen LogP contribution < -0.4 is 10.1 Å². The Labute approximate surface area is 145 Å². The van der Waals surface area contributed by atoms with E-state index in [1.54, 1.807) is 0 Å². The van der Waals surface area contributed by atoms with E-state index in [9.17, 15) is 14.0 Å². The second-order valence-electron chi connectivity index (χ2n) is 5.91. The van der Waals surface area contributed by atoms with Gasteiger partial charge < -0.3 is 10.1 Å². The zero-order valence-electron chi connectivity index (χ0n) is 13.9. The first kappa shape index (κ1) is 17.0. The zero-order valence-corrected chi connectivity index (χ0v) is 13.9. The van der Waals surface area contributed by atoms with Crippen LogP contribution in [0.25, 0.3) is 0 Å². The normalized spacial score (nSPS) is 16.9. The van der Waals surface area contributed by atoms with Crippen LogP contribution in [0, 0.1) is 5.82 Å². The van der Waals surface area contributed by atoms with Gasteiger partial charge >= 0.3 is 6.03 Å². The maximum atomic E-state index is 13.5. The van der Waals surface area contributed by atoms with Crippen LogP contribution in [0.2, 0.25) is 0 Å². The third kappa shape index (κ3) is 3.79. The van der Waals surface area contributed by atoms with E-state index in [4.69, 9.17) is 4.74 Å². The Morgan fingerprint density at radius 1 is 1.16 bits per heavy atom. The van der Waals surface area contributed by atoms with Crippen LogP contribution in [0.1, 0.15) is 17.5 Å². The molecule has 1 aliphatic heterocycles. The SMILES string of the molecule is COc1ccc(F)cc1CN1C(=O)N[C@@H](CCc2ccccc2)C1=O. The zero-order chi connectivity index (χ0) is 17.8. The Morgan fingerprint density at radius 3 is 2.64 bits per heavy atom. The van der Waals surface area contributed by atoms with E-state index in [0.29, 0.717) is 24.2 Å². The monoisotopic (exact) mass is 342 g/mol. The number of carbonyl (C=O) groups is 2. The number of methoxy groups -OCH3 is 1. The van der Waals surface area contributed by atoms with Crippen molar-refractivity contribution in [3.63, 3.8) is 0 Å². The number of aryl methyl sites for hydroxylation is 1. The molecule has 2 aromatic rings. The molecular weight excluding hydrogens is 323 g/mol. The van der Waals surface area contributed by atoms with Crippen LogP contribution in [0.3, 0.4) is 0 Å². The predicted molar refractivity (Wildman–Crippen MR) is 90.6 cm³/mol. The van der Waals surface area contributed by atoms with E-state index in [2.05, 4.69) is 5.32 Å². The second kappa shape index (κ2) is 7.34. The molecule has 0 radical (unpaired) electrons. The van der Waals surface area contributed by atoms with Crippen molar-refractivity contribution in [3.05, 3.63) is 65.5 Å². The smallest absolute Gasteiger partial charge is 0.325 e. The van der Waals surface area contributed by atoms with E-state index >= 15 is 0 Å². The van der Waals surface area contributed by atoms with Crippen LogP contribution in [-0.4, -0.2) is 30.0 Å². The molecule has 130 valence electrons. The van der Waals surface area contributed by atoms with Crippen LogP contribution in [-0.2, 0) is 17.8 Å².